The summed E-state index contributed by atoms with van der Waals surface area (Å²) in [4.78, 5) is 0. The van der Waals surface area contributed by atoms with E-state index in [0.717, 1.165) is 7.11 Å². The molecule has 0 aliphatic carbocycles. The minimum atomic E-state index is -3.12. The van der Waals surface area contributed by atoms with Crippen LogP contribution in [0, 0.1) is 0 Å². The maximum atomic E-state index is 10.8. The van der Waals surface area contributed by atoms with E-state index in [1.165, 1.54) is 0 Å². The van der Waals surface area contributed by atoms with Gasteiger partial charge in [0.25, 0.3) is 0 Å². The quantitative estimate of drug-likeness (QED) is 0.526. The van der Waals surface area contributed by atoms with E-state index in [2.05, 4.69) is 11.1 Å². The fraction of sp³-hybridized carbons (Fsp3) is 0.333. The summed E-state index contributed by atoms with van der Waals surface area (Å²) < 4.78 is 33.5. The summed E-state index contributed by atoms with van der Waals surface area (Å²) in [6, 6.07) is 0. The Labute approximate surface area is 47.1 Å². The van der Waals surface area contributed by atoms with Crippen molar-refractivity contribution in [2.45, 2.75) is 0 Å². The van der Waals surface area contributed by atoms with Gasteiger partial charge in [-0.25, -0.2) is 4.39 Å². The van der Waals surface area contributed by atoms with Crippen molar-refractivity contribution in [2.75, 3.05) is 7.11 Å². The molecule has 0 spiro atoms. The van der Waals surface area contributed by atoms with E-state index in [9.17, 15) is 8.59 Å². The van der Waals surface area contributed by atoms with Crippen molar-refractivity contribution in [2.24, 2.45) is 0 Å². The predicted octanol–water partition coefficient (Wildman–Crippen LogP) is 2.09. The second-order valence-corrected chi connectivity index (χ2v) is 1.48. The van der Waals surface area contributed by atoms with Gasteiger partial charge >= 0.3 is 8.34 Å². The van der Waals surface area contributed by atoms with Gasteiger partial charge in [0.2, 0.25) is 0 Å². The largest absolute Gasteiger partial charge is 0.356 e. The van der Waals surface area contributed by atoms with E-state index in [0.29, 0.717) is 0 Å². The third kappa shape index (κ3) is 41.5. The lowest BCUT2D eigenvalue weighted by Gasteiger charge is -1.75. The zero-order valence-corrected chi connectivity index (χ0v) is 5.36. The van der Waals surface area contributed by atoms with Gasteiger partial charge in [-0.2, -0.15) is 4.20 Å². The molecule has 50 valence electrons. The number of hydrogen-bond donors (Lipinski definition) is 0. The number of hydrogen-bond acceptors (Lipinski definition) is 2. The number of rotatable bonds is 1. The molecule has 0 aromatic heterocycles. The van der Waals surface area contributed by atoms with Crippen LogP contribution >= 0.6 is 8.34 Å². The molecule has 0 aromatic carbocycles. The van der Waals surface area contributed by atoms with Gasteiger partial charge in [0.1, 0.15) is 0 Å². The van der Waals surface area contributed by atoms with E-state index in [1.54, 1.807) is 0 Å². The molecule has 0 rings (SSSR count). The first kappa shape index (κ1) is 10.7. The lowest BCUT2D eigenvalue weighted by molar-refractivity contribution is 0.381. The Morgan fingerprint density at radius 3 is 2.00 bits per heavy atom. The van der Waals surface area contributed by atoms with Gasteiger partial charge < -0.3 is 4.52 Å². The zero-order chi connectivity index (χ0) is 6.99. The third-order valence-electron chi connectivity index (χ3n) is 0.160. The summed E-state index contributed by atoms with van der Waals surface area (Å²) in [5, 5.41) is 0. The molecule has 0 aliphatic heterocycles. The first-order valence-corrected chi connectivity index (χ1v) is 2.83. The smallest absolute Gasteiger partial charge is 0.311 e. The van der Waals surface area contributed by atoms with Gasteiger partial charge in [-0.15, -0.1) is 0 Å². The second-order valence-electron chi connectivity index (χ2n) is 0.596. The summed E-state index contributed by atoms with van der Waals surface area (Å²) in [6.45, 7) is 2.69. The second kappa shape index (κ2) is 9.92. The fourth-order valence-corrected chi connectivity index (χ4v) is 0. The molecule has 0 heterocycles. The first-order chi connectivity index (χ1) is 3.68. The SMILES string of the molecule is C=CF.CO[PH](=O)F. The Morgan fingerprint density at radius 2 is 2.00 bits per heavy atom. The Morgan fingerprint density at radius 1 is 1.88 bits per heavy atom. The highest BCUT2D eigenvalue weighted by Gasteiger charge is 1.78. The van der Waals surface area contributed by atoms with Crippen LogP contribution in [0.15, 0.2) is 12.9 Å². The molecule has 0 aromatic rings. The maximum Gasteiger partial charge on any atom is 0.356 e. The van der Waals surface area contributed by atoms with Crippen molar-refractivity contribution in [3.8, 4) is 0 Å². The van der Waals surface area contributed by atoms with Crippen LogP contribution in [0.25, 0.3) is 0 Å². The summed E-state index contributed by atoms with van der Waals surface area (Å²) in [6.07, 6.45) is 0.250. The van der Waals surface area contributed by atoms with Gasteiger partial charge in [-0.05, 0) is 0 Å². The van der Waals surface area contributed by atoms with Gasteiger partial charge in [0.15, 0.2) is 0 Å². The van der Waals surface area contributed by atoms with E-state index in [4.69, 9.17) is 4.57 Å². The van der Waals surface area contributed by atoms with Crippen LogP contribution in [-0.2, 0) is 9.09 Å². The molecule has 0 aliphatic rings. The number of halogens is 2. The van der Waals surface area contributed by atoms with Crippen LogP contribution in [-0.4, -0.2) is 7.11 Å². The molecule has 1 atom stereocenters. The summed E-state index contributed by atoms with van der Waals surface area (Å²) >= 11 is 0. The molecular formula is C3H7F2O2P. The van der Waals surface area contributed by atoms with Crippen molar-refractivity contribution >= 4 is 8.34 Å². The third-order valence-corrected chi connectivity index (χ3v) is 0.481. The topological polar surface area (TPSA) is 26.3 Å². The molecule has 0 N–H and O–H groups in total. The van der Waals surface area contributed by atoms with Gasteiger partial charge in [0.05, 0.1) is 6.33 Å². The van der Waals surface area contributed by atoms with E-state index in [1.807, 2.05) is 0 Å². The molecule has 5 heteroatoms. The Hall–Kier alpha value is -0.210. The fourth-order valence-electron chi connectivity index (χ4n) is 0. The molecule has 0 radical (unpaired) electrons. The molecule has 2 nitrogen and oxygen atoms in total. The molecule has 0 saturated carbocycles. The van der Waals surface area contributed by atoms with Crippen LogP contribution < -0.4 is 0 Å². The van der Waals surface area contributed by atoms with Crippen molar-refractivity contribution in [1.29, 1.82) is 0 Å². The Balaban J connectivity index is 0. The predicted molar refractivity (Wildman–Crippen MR) is 28.4 cm³/mol. The van der Waals surface area contributed by atoms with Crippen LogP contribution in [0.1, 0.15) is 0 Å². The van der Waals surface area contributed by atoms with Gasteiger partial charge in [0, 0.05) is 7.11 Å². The molecule has 8 heavy (non-hydrogen) atoms. The minimum absolute atomic E-state index is 0.250. The standard InChI is InChI=1S/C2H3F.CH4FO2P/c1-2-3;1-4-5(2)3/h2H,1H2;5H,1H3. The summed E-state index contributed by atoms with van der Waals surface area (Å²) in [5.41, 5.74) is 0. The highest BCUT2D eigenvalue weighted by molar-refractivity contribution is 7.32. The van der Waals surface area contributed by atoms with E-state index in [-0.39, 0.29) is 6.33 Å². The molecule has 0 saturated heterocycles. The van der Waals surface area contributed by atoms with Crippen LogP contribution in [0.4, 0.5) is 8.59 Å². The molecule has 0 fully saturated rings. The lowest BCUT2D eigenvalue weighted by Crippen LogP contribution is -1.51. The Bertz CT molecular complexity index is 75.7. The first-order valence-electron chi connectivity index (χ1n) is 1.63. The lowest BCUT2D eigenvalue weighted by atomic mass is 11.2. The highest BCUT2D eigenvalue weighted by atomic mass is 31.2. The summed E-state index contributed by atoms with van der Waals surface area (Å²) in [7, 11) is -2.07. The average molecular weight is 144 g/mol. The van der Waals surface area contributed by atoms with Gasteiger partial charge in [-0.1, -0.05) is 6.58 Å². The minimum Gasteiger partial charge on any atom is -0.311 e. The zero-order valence-electron chi connectivity index (χ0n) is 4.36. The van der Waals surface area contributed by atoms with Crippen molar-refractivity contribution in [1.82, 2.24) is 0 Å². The van der Waals surface area contributed by atoms with Crippen molar-refractivity contribution < 1.29 is 17.7 Å². The van der Waals surface area contributed by atoms with Crippen molar-refractivity contribution in [3.63, 3.8) is 0 Å². The average Bonchev–Trinajstić information content (AvgIpc) is 1.69. The molecule has 0 amide bonds. The van der Waals surface area contributed by atoms with Crippen LogP contribution in [0.2, 0.25) is 0 Å². The normalized spacial score (nSPS) is 10.9. The maximum absolute atomic E-state index is 10.8. The Kier molecular flexibility index (Phi) is 13.3. The van der Waals surface area contributed by atoms with E-state index < -0.39 is 8.34 Å². The van der Waals surface area contributed by atoms with E-state index >= 15 is 0 Å². The molecule has 1 unspecified atom stereocenters. The molecular weight excluding hydrogens is 137 g/mol. The monoisotopic (exact) mass is 144 g/mol. The van der Waals surface area contributed by atoms with Crippen LogP contribution in [0.5, 0.6) is 0 Å². The molecule has 0 bridgehead atoms. The van der Waals surface area contributed by atoms with Crippen LogP contribution in [0.3, 0.4) is 0 Å². The van der Waals surface area contributed by atoms with Gasteiger partial charge in [-0.3, -0.25) is 4.57 Å². The summed E-state index contributed by atoms with van der Waals surface area (Å²) in [5.74, 6) is 0. The highest BCUT2D eigenvalue weighted by Crippen LogP contribution is 2.19. The van der Waals surface area contributed by atoms with Crippen molar-refractivity contribution in [3.05, 3.63) is 12.9 Å².